The quantitative estimate of drug-likeness (QED) is 0.793. The Balaban J connectivity index is 2.87. The summed E-state index contributed by atoms with van der Waals surface area (Å²) < 4.78 is 18.5. The van der Waals surface area contributed by atoms with Gasteiger partial charge in [-0.2, -0.15) is 0 Å². The first kappa shape index (κ1) is 15.6. The van der Waals surface area contributed by atoms with E-state index < -0.39 is 0 Å². The summed E-state index contributed by atoms with van der Waals surface area (Å²) >= 11 is 0. The SMILES string of the molecule is COCCN(CC(C)C)C(=O)c1ccc(C)c(F)c1. The highest BCUT2D eigenvalue weighted by molar-refractivity contribution is 5.94. The molecule has 106 valence electrons. The van der Waals surface area contributed by atoms with Gasteiger partial charge in [-0.1, -0.05) is 19.9 Å². The second-order valence-electron chi connectivity index (χ2n) is 5.10. The number of aryl methyl sites for hydroxylation is 1. The minimum absolute atomic E-state index is 0.148. The van der Waals surface area contributed by atoms with Crippen LogP contribution in [0.25, 0.3) is 0 Å². The van der Waals surface area contributed by atoms with E-state index in [-0.39, 0.29) is 11.7 Å². The largest absolute Gasteiger partial charge is 0.383 e. The van der Waals surface area contributed by atoms with Crippen molar-refractivity contribution < 1.29 is 13.9 Å². The van der Waals surface area contributed by atoms with Crippen LogP contribution >= 0.6 is 0 Å². The monoisotopic (exact) mass is 267 g/mol. The molecule has 1 amide bonds. The van der Waals surface area contributed by atoms with Crippen LogP contribution in [0.4, 0.5) is 4.39 Å². The van der Waals surface area contributed by atoms with Gasteiger partial charge in [0.15, 0.2) is 0 Å². The van der Waals surface area contributed by atoms with Crippen LogP contribution in [0.15, 0.2) is 18.2 Å². The van der Waals surface area contributed by atoms with Crippen molar-refractivity contribution in [2.24, 2.45) is 5.92 Å². The van der Waals surface area contributed by atoms with Crippen LogP contribution in [0.1, 0.15) is 29.8 Å². The zero-order valence-electron chi connectivity index (χ0n) is 12.1. The van der Waals surface area contributed by atoms with E-state index in [1.54, 1.807) is 31.1 Å². The van der Waals surface area contributed by atoms with Gasteiger partial charge < -0.3 is 9.64 Å². The summed E-state index contributed by atoms with van der Waals surface area (Å²) in [4.78, 5) is 14.1. The average molecular weight is 267 g/mol. The van der Waals surface area contributed by atoms with Crippen LogP contribution in [0.3, 0.4) is 0 Å². The van der Waals surface area contributed by atoms with Gasteiger partial charge in [-0.3, -0.25) is 4.79 Å². The summed E-state index contributed by atoms with van der Waals surface area (Å²) in [6.07, 6.45) is 0. The first-order chi connectivity index (χ1) is 8.95. The Kier molecular flexibility index (Phi) is 5.96. The Morgan fingerprint density at radius 3 is 2.63 bits per heavy atom. The van der Waals surface area contributed by atoms with Gasteiger partial charge in [-0.25, -0.2) is 4.39 Å². The number of amides is 1. The average Bonchev–Trinajstić information content (AvgIpc) is 2.36. The number of rotatable bonds is 6. The highest BCUT2D eigenvalue weighted by atomic mass is 19.1. The van der Waals surface area contributed by atoms with E-state index in [0.29, 0.717) is 36.7 Å². The molecule has 0 aromatic heterocycles. The van der Waals surface area contributed by atoms with Crippen LogP contribution in [0.5, 0.6) is 0 Å². The van der Waals surface area contributed by atoms with Gasteiger partial charge in [0, 0.05) is 25.8 Å². The molecule has 0 aliphatic rings. The number of hydrogen-bond acceptors (Lipinski definition) is 2. The van der Waals surface area contributed by atoms with Crippen molar-refractivity contribution in [2.45, 2.75) is 20.8 Å². The second-order valence-corrected chi connectivity index (χ2v) is 5.10. The van der Waals surface area contributed by atoms with Gasteiger partial charge in [0.1, 0.15) is 5.82 Å². The lowest BCUT2D eigenvalue weighted by Gasteiger charge is -2.24. The molecule has 1 aromatic rings. The lowest BCUT2D eigenvalue weighted by Crippen LogP contribution is -2.36. The number of methoxy groups -OCH3 is 1. The Hall–Kier alpha value is -1.42. The molecule has 0 atom stereocenters. The molecule has 0 aliphatic carbocycles. The Labute approximate surface area is 114 Å². The molecule has 0 saturated carbocycles. The van der Waals surface area contributed by atoms with Gasteiger partial charge in [-0.15, -0.1) is 0 Å². The first-order valence-corrected chi connectivity index (χ1v) is 6.50. The predicted molar refractivity (Wildman–Crippen MR) is 73.8 cm³/mol. The van der Waals surface area contributed by atoms with Crippen molar-refractivity contribution in [1.82, 2.24) is 4.90 Å². The standard InChI is InChI=1S/C15H22FNO2/c1-11(2)10-17(7-8-19-4)15(18)13-6-5-12(3)14(16)9-13/h5-6,9,11H,7-8,10H2,1-4H3. The van der Waals surface area contributed by atoms with E-state index in [0.717, 1.165) is 0 Å². The molecule has 0 bridgehead atoms. The molecule has 0 N–H and O–H groups in total. The highest BCUT2D eigenvalue weighted by Gasteiger charge is 2.17. The van der Waals surface area contributed by atoms with Crippen LogP contribution < -0.4 is 0 Å². The summed E-state index contributed by atoms with van der Waals surface area (Å²) in [5.74, 6) is -0.136. The third-order valence-corrected chi connectivity index (χ3v) is 2.86. The fourth-order valence-electron chi connectivity index (χ4n) is 1.83. The minimum atomic E-state index is -0.345. The number of hydrogen-bond donors (Lipinski definition) is 0. The third-order valence-electron chi connectivity index (χ3n) is 2.86. The van der Waals surface area contributed by atoms with Gasteiger partial charge >= 0.3 is 0 Å². The fraction of sp³-hybridized carbons (Fsp3) is 0.533. The first-order valence-electron chi connectivity index (χ1n) is 6.50. The van der Waals surface area contributed by atoms with Crippen LogP contribution in [-0.2, 0) is 4.74 Å². The highest BCUT2D eigenvalue weighted by Crippen LogP contribution is 2.12. The van der Waals surface area contributed by atoms with Crippen molar-refractivity contribution in [2.75, 3.05) is 26.8 Å². The molecular weight excluding hydrogens is 245 g/mol. The molecule has 0 heterocycles. The molecule has 0 radical (unpaired) electrons. The lowest BCUT2D eigenvalue weighted by atomic mass is 10.1. The number of carbonyl (C=O) groups is 1. The number of benzene rings is 1. The Morgan fingerprint density at radius 2 is 2.11 bits per heavy atom. The zero-order valence-corrected chi connectivity index (χ0v) is 12.1. The maximum atomic E-state index is 13.5. The van der Waals surface area contributed by atoms with E-state index in [2.05, 4.69) is 0 Å². The molecule has 0 spiro atoms. The van der Waals surface area contributed by atoms with E-state index in [9.17, 15) is 9.18 Å². The zero-order chi connectivity index (χ0) is 14.4. The van der Waals surface area contributed by atoms with Crippen molar-refractivity contribution in [3.63, 3.8) is 0 Å². The summed E-state index contributed by atoms with van der Waals surface area (Å²) in [5, 5.41) is 0. The fourth-order valence-corrected chi connectivity index (χ4v) is 1.83. The third kappa shape index (κ3) is 4.63. The molecule has 19 heavy (non-hydrogen) atoms. The van der Waals surface area contributed by atoms with Gasteiger partial charge in [0.05, 0.1) is 6.61 Å². The number of carbonyl (C=O) groups excluding carboxylic acids is 1. The van der Waals surface area contributed by atoms with Crippen LogP contribution in [-0.4, -0.2) is 37.6 Å². The van der Waals surface area contributed by atoms with Gasteiger partial charge in [0.25, 0.3) is 5.91 Å². The maximum absolute atomic E-state index is 13.5. The topological polar surface area (TPSA) is 29.5 Å². The molecule has 1 aromatic carbocycles. The number of nitrogens with zero attached hydrogens (tertiary/aromatic N) is 1. The minimum Gasteiger partial charge on any atom is -0.383 e. The summed E-state index contributed by atoms with van der Waals surface area (Å²) in [7, 11) is 1.60. The van der Waals surface area contributed by atoms with E-state index >= 15 is 0 Å². The number of ether oxygens (including phenoxy) is 1. The molecule has 4 heteroatoms. The number of halogens is 1. The molecular formula is C15H22FNO2. The van der Waals surface area contributed by atoms with E-state index in [1.807, 2.05) is 13.8 Å². The molecule has 0 saturated heterocycles. The summed E-state index contributed by atoms with van der Waals surface area (Å²) in [6.45, 7) is 7.40. The van der Waals surface area contributed by atoms with E-state index in [4.69, 9.17) is 4.74 Å². The van der Waals surface area contributed by atoms with Crippen LogP contribution in [0, 0.1) is 18.7 Å². The molecule has 1 rings (SSSR count). The molecule has 3 nitrogen and oxygen atoms in total. The van der Waals surface area contributed by atoms with Crippen molar-refractivity contribution >= 4 is 5.91 Å². The molecule has 0 unspecified atom stereocenters. The Bertz CT molecular complexity index is 432. The molecule has 0 fully saturated rings. The smallest absolute Gasteiger partial charge is 0.254 e. The van der Waals surface area contributed by atoms with Crippen molar-refractivity contribution in [3.05, 3.63) is 35.1 Å². The summed E-state index contributed by atoms with van der Waals surface area (Å²) in [6, 6.07) is 4.60. The maximum Gasteiger partial charge on any atom is 0.254 e. The predicted octanol–water partition coefficient (Wildman–Crippen LogP) is 2.88. The summed E-state index contributed by atoms with van der Waals surface area (Å²) in [5.41, 5.74) is 0.934. The van der Waals surface area contributed by atoms with Crippen LogP contribution in [0.2, 0.25) is 0 Å². The van der Waals surface area contributed by atoms with E-state index in [1.165, 1.54) is 6.07 Å². The Morgan fingerprint density at radius 1 is 1.42 bits per heavy atom. The van der Waals surface area contributed by atoms with Gasteiger partial charge in [0.2, 0.25) is 0 Å². The van der Waals surface area contributed by atoms with Crippen molar-refractivity contribution in [3.8, 4) is 0 Å². The van der Waals surface area contributed by atoms with Crippen molar-refractivity contribution in [1.29, 1.82) is 0 Å². The van der Waals surface area contributed by atoms with Gasteiger partial charge in [-0.05, 0) is 30.5 Å². The molecule has 0 aliphatic heterocycles. The lowest BCUT2D eigenvalue weighted by molar-refractivity contribution is 0.0672. The second kappa shape index (κ2) is 7.24. The normalized spacial score (nSPS) is 10.8.